The zero-order chi connectivity index (χ0) is 27.5. The lowest BCUT2D eigenvalue weighted by atomic mass is 9.94. The van der Waals surface area contributed by atoms with Gasteiger partial charge in [0.15, 0.2) is 0 Å². The zero-order valence-electron chi connectivity index (χ0n) is 21.6. The maximum absolute atomic E-state index is 13.2. The second-order valence-corrected chi connectivity index (χ2v) is 11.1. The fourth-order valence-electron chi connectivity index (χ4n) is 4.81. The molecule has 1 aromatic heterocycles. The van der Waals surface area contributed by atoms with E-state index in [1.807, 2.05) is 18.2 Å². The second kappa shape index (κ2) is 11.9. The number of fused-ring (bicyclic) bond motifs is 1. The summed E-state index contributed by atoms with van der Waals surface area (Å²) in [6.07, 6.45) is 4.97. The topological polar surface area (TPSA) is 102 Å². The van der Waals surface area contributed by atoms with Gasteiger partial charge in [-0.3, -0.25) is 9.69 Å². The van der Waals surface area contributed by atoms with Crippen molar-refractivity contribution in [3.05, 3.63) is 58.2 Å². The normalized spacial score (nSPS) is 15.6. The Morgan fingerprint density at radius 3 is 2.59 bits per heavy atom. The van der Waals surface area contributed by atoms with Crippen LogP contribution in [0, 0.1) is 5.92 Å². The van der Waals surface area contributed by atoms with Crippen LogP contribution in [0.4, 0.5) is 33.5 Å². The van der Waals surface area contributed by atoms with Crippen molar-refractivity contribution in [2.75, 3.05) is 46.4 Å². The molecular formula is C27H29Cl2N7O2S. The minimum atomic E-state index is -0.292. The summed E-state index contributed by atoms with van der Waals surface area (Å²) < 4.78 is 0. The first kappa shape index (κ1) is 27.4. The number of urea groups is 1. The van der Waals surface area contributed by atoms with Gasteiger partial charge in [-0.25, -0.2) is 14.8 Å². The summed E-state index contributed by atoms with van der Waals surface area (Å²) in [5.41, 5.74) is 3.24. The summed E-state index contributed by atoms with van der Waals surface area (Å²) in [5.74, 6) is 1.14. The Labute approximate surface area is 241 Å². The number of hydrogen-bond donors (Lipinski definition) is 3. The number of piperidine rings is 1. The third-order valence-corrected chi connectivity index (χ3v) is 8.61. The van der Waals surface area contributed by atoms with Crippen LogP contribution in [0.25, 0.3) is 0 Å². The average Bonchev–Trinajstić information content (AvgIpc) is 2.94. The number of nitrogens with one attached hydrogen (secondary N) is 3. The number of hydrogen-bond acceptors (Lipinski definition) is 7. The van der Waals surface area contributed by atoms with E-state index in [0.717, 1.165) is 37.5 Å². The van der Waals surface area contributed by atoms with Crippen molar-refractivity contribution in [1.82, 2.24) is 15.3 Å². The van der Waals surface area contributed by atoms with E-state index < -0.39 is 0 Å². The highest BCUT2D eigenvalue weighted by atomic mass is 35.5. The fraction of sp³-hybridized carbons (Fsp3) is 0.333. The van der Waals surface area contributed by atoms with Gasteiger partial charge in [-0.05, 0) is 49.1 Å². The molecule has 9 nitrogen and oxygen atoms in total. The molecule has 0 saturated carbocycles. The maximum Gasteiger partial charge on any atom is 0.319 e. The van der Waals surface area contributed by atoms with Crippen LogP contribution in [0.2, 0.25) is 10.0 Å². The number of halogens is 2. The first-order chi connectivity index (χ1) is 18.9. The molecule has 3 N–H and O–H groups in total. The molecule has 12 heteroatoms. The van der Waals surface area contributed by atoms with Crippen LogP contribution in [-0.2, 0) is 0 Å². The molecule has 3 aromatic rings. The van der Waals surface area contributed by atoms with E-state index in [-0.39, 0.29) is 11.9 Å². The molecule has 39 heavy (non-hydrogen) atoms. The Morgan fingerprint density at radius 1 is 1.15 bits per heavy atom. The van der Waals surface area contributed by atoms with E-state index in [2.05, 4.69) is 37.7 Å². The highest BCUT2D eigenvalue weighted by Crippen LogP contribution is 2.40. The second-order valence-electron chi connectivity index (χ2n) is 9.39. The summed E-state index contributed by atoms with van der Waals surface area (Å²) in [6.45, 7) is 4.13. The van der Waals surface area contributed by atoms with Crippen molar-refractivity contribution in [3.63, 3.8) is 0 Å². The highest BCUT2D eigenvalue weighted by molar-refractivity contribution is 7.99. The van der Waals surface area contributed by atoms with E-state index in [1.54, 1.807) is 25.2 Å². The van der Waals surface area contributed by atoms with Crippen LogP contribution in [0.3, 0.4) is 0 Å². The Hall–Kier alpha value is -3.21. The van der Waals surface area contributed by atoms with Crippen molar-refractivity contribution in [1.29, 1.82) is 0 Å². The molecule has 3 amide bonds. The Morgan fingerprint density at radius 2 is 1.90 bits per heavy atom. The maximum atomic E-state index is 13.2. The molecule has 3 heterocycles. The van der Waals surface area contributed by atoms with Crippen LogP contribution >= 0.6 is 35.0 Å². The minimum absolute atomic E-state index is 0.265. The molecule has 0 atom stereocenters. The van der Waals surface area contributed by atoms with E-state index in [4.69, 9.17) is 23.2 Å². The van der Waals surface area contributed by atoms with Crippen molar-refractivity contribution >= 4 is 75.6 Å². The number of carbonyl (C=O) groups is 2. The number of para-hydroxylation sites is 1. The fourth-order valence-corrected chi connectivity index (χ4v) is 6.36. The number of amides is 3. The largest absolute Gasteiger partial charge is 0.370 e. The molecule has 0 unspecified atom stereocenters. The summed E-state index contributed by atoms with van der Waals surface area (Å²) in [5, 5.41) is 10.1. The van der Waals surface area contributed by atoms with Gasteiger partial charge in [-0.15, -0.1) is 0 Å². The molecular weight excluding hydrogens is 557 g/mol. The quantitative estimate of drug-likeness (QED) is 0.279. The lowest BCUT2D eigenvalue weighted by Crippen LogP contribution is -2.35. The number of aromatic nitrogens is 2. The number of benzene rings is 2. The van der Waals surface area contributed by atoms with Gasteiger partial charge in [0.05, 0.1) is 38.5 Å². The molecule has 0 aliphatic carbocycles. The summed E-state index contributed by atoms with van der Waals surface area (Å²) in [7, 11) is 1.59. The third kappa shape index (κ3) is 5.88. The van der Waals surface area contributed by atoms with Crippen molar-refractivity contribution in [2.24, 2.45) is 5.92 Å². The SMILES string of the molecule is CCC1CCN(c2ccc(Nc3ncc4c(n3)SCN(c3c(Cl)cccc3Cl)C4=O)cc2NC(=O)NC)CC1. The van der Waals surface area contributed by atoms with Gasteiger partial charge in [-0.2, -0.15) is 0 Å². The van der Waals surface area contributed by atoms with Gasteiger partial charge in [0, 0.05) is 32.0 Å². The van der Waals surface area contributed by atoms with Crippen LogP contribution in [0.5, 0.6) is 0 Å². The lowest BCUT2D eigenvalue weighted by Gasteiger charge is -2.34. The predicted octanol–water partition coefficient (Wildman–Crippen LogP) is 6.61. The van der Waals surface area contributed by atoms with E-state index in [1.165, 1.54) is 29.3 Å². The van der Waals surface area contributed by atoms with Crippen LogP contribution in [0.1, 0.15) is 36.5 Å². The van der Waals surface area contributed by atoms with Gasteiger partial charge in [0.25, 0.3) is 5.91 Å². The first-order valence-electron chi connectivity index (χ1n) is 12.8. The molecule has 1 fully saturated rings. The Balaban J connectivity index is 1.36. The van der Waals surface area contributed by atoms with Crippen molar-refractivity contribution in [3.8, 4) is 0 Å². The molecule has 204 valence electrons. The Kier molecular flexibility index (Phi) is 8.34. The summed E-state index contributed by atoms with van der Waals surface area (Å²) >= 11 is 14.1. The summed E-state index contributed by atoms with van der Waals surface area (Å²) in [6, 6.07) is 10.7. The van der Waals surface area contributed by atoms with Crippen molar-refractivity contribution < 1.29 is 9.59 Å². The third-order valence-electron chi connectivity index (χ3n) is 7.03. The van der Waals surface area contributed by atoms with Gasteiger partial charge in [0.1, 0.15) is 5.03 Å². The standard InChI is InChI=1S/C27H29Cl2N7O2S/c1-3-16-9-11-35(12-10-16)22-8-7-17(13-21(22)33-27(38)30-2)32-26-31-14-18-24(34-26)39-15-36(25(18)37)23-19(28)5-4-6-20(23)29/h4-8,13-14,16H,3,9-12,15H2,1-2H3,(H2,30,33,38)(H,31,32,34). The molecule has 1 saturated heterocycles. The molecule has 0 radical (unpaired) electrons. The first-order valence-corrected chi connectivity index (χ1v) is 14.5. The van der Waals surface area contributed by atoms with Gasteiger partial charge in [-0.1, -0.05) is 54.4 Å². The summed E-state index contributed by atoms with van der Waals surface area (Å²) in [4.78, 5) is 38.3. The van der Waals surface area contributed by atoms with Crippen molar-refractivity contribution in [2.45, 2.75) is 31.2 Å². The number of thioether (sulfide) groups is 1. The molecule has 2 aliphatic heterocycles. The molecule has 2 aromatic carbocycles. The smallest absolute Gasteiger partial charge is 0.319 e. The van der Waals surface area contributed by atoms with Crippen LogP contribution in [-0.4, -0.2) is 47.9 Å². The predicted molar refractivity (Wildman–Crippen MR) is 159 cm³/mol. The molecule has 0 bridgehead atoms. The minimum Gasteiger partial charge on any atom is -0.370 e. The van der Waals surface area contributed by atoms with Crippen LogP contribution < -0.4 is 25.8 Å². The van der Waals surface area contributed by atoms with E-state index in [9.17, 15) is 9.59 Å². The number of anilines is 5. The van der Waals surface area contributed by atoms with Gasteiger partial charge in [0.2, 0.25) is 5.95 Å². The number of carbonyl (C=O) groups excluding carboxylic acids is 2. The van der Waals surface area contributed by atoms with E-state index >= 15 is 0 Å². The number of rotatable bonds is 6. The molecule has 5 rings (SSSR count). The monoisotopic (exact) mass is 585 g/mol. The van der Waals surface area contributed by atoms with Gasteiger partial charge < -0.3 is 20.9 Å². The van der Waals surface area contributed by atoms with Gasteiger partial charge >= 0.3 is 6.03 Å². The highest BCUT2D eigenvalue weighted by Gasteiger charge is 2.30. The molecule has 0 spiro atoms. The lowest BCUT2D eigenvalue weighted by molar-refractivity contribution is 0.0985. The van der Waals surface area contributed by atoms with Crippen LogP contribution in [0.15, 0.2) is 47.6 Å². The molecule has 2 aliphatic rings. The van der Waals surface area contributed by atoms with E-state index in [0.29, 0.717) is 49.5 Å². The Bertz CT molecular complexity index is 1380. The zero-order valence-corrected chi connectivity index (χ0v) is 24.0. The number of nitrogens with zero attached hydrogens (tertiary/aromatic N) is 4. The average molecular weight is 587 g/mol.